The van der Waals surface area contributed by atoms with Crippen LogP contribution in [-0.4, -0.2) is 17.4 Å². The van der Waals surface area contributed by atoms with E-state index in [1.807, 2.05) is 63.2 Å². The third-order valence-corrected chi connectivity index (χ3v) is 4.12. The van der Waals surface area contributed by atoms with Crippen molar-refractivity contribution in [2.75, 3.05) is 0 Å². The van der Waals surface area contributed by atoms with E-state index in [0.717, 1.165) is 40.7 Å². The minimum atomic E-state index is -0.507. The SMILES string of the molecule is CC(C)(C)OC(=O)/C=C/c1ccc2c(c1)CCc1ccccc1C2=O. The Kier molecular flexibility index (Phi) is 4.58. The van der Waals surface area contributed by atoms with Crippen molar-refractivity contribution in [1.29, 1.82) is 0 Å². The summed E-state index contributed by atoms with van der Waals surface area (Å²) in [7, 11) is 0. The normalized spacial score (nSPS) is 14.0. The molecular formula is C22H22O3. The van der Waals surface area contributed by atoms with Gasteiger partial charge in [0.15, 0.2) is 5.78 Å². The molecule has 0 fully saturated rings. The average Bonchev–Trinajstić information content (AvgIpc) is 2.69. The fourth-order valence-electron chi connectivity index (χ4n) is 3.02. The Morgan fingerprint density at radius 2 is 1.68 bits per heavy atom. The molecule has 0 heterocycles. The molecule has 2 aromatic carbocycles. The monoisotopic (exact) mass is 334 g/mol. The first-order valence-electron chi connectivity index (χ1n) is 8.50. The van der Waals surface area contributed by atoms with E-state index < -0.39 is 5.60 Å². The van der Waals surface area contributed by atoms with Gasteiger partial charge in [0.2, 0.25) is 0 Å². The standard InChI is InChI=1S/C22H22O3/c1-22(2,3)25-20(23)13-9-15-8-12-19-17(14-15)11-10-16-6-4-5-7-18(16)21(19)24/h4-9,12-14H,10-11H2,1-3H3/b13-9+. The van der Waals surface area contributed by atoms with Gasteiger partial charge in [-0.3, -0.25) is 4.79 Å². The maximum absolute atomic E-state index is 12.8. The van der Waals surface area contributed by atoms with Crippen molar-refractivity contribution in [3.8, 4) is 0 Å². The molecule has 0 saturated carbocycles. The minimum absolute atomic E-state index is 0.0748. The zero-order chi connectivity index (χ0) is 18.0. The summed E-state index contributed by atoms with van der Waals surface area (Å²) in [6.45, 7) is 5.51. The van der Waals surface area contributed by atoms with Crippen LogP contribution in [0.5, 0.6) is 0 Å². The van der Waals surface area contributed by atoms with Crippen molar-refractivity contribution in [3.05, 3.63) is 76.4 Å². The number of esters is 1. The Morgan fingerprint density at radius 3 is 2.44 bits per heavy atom. The first-order valence-corrected chi connectivity index (χ1v) is 8.50. The van der Waals surface area contributed by atoms with Crippen LogP contribution >= 0.6 is 0 Å². The predicted molar refractivity (Wildman–Crippen MR) is 98.6 cm³/mol. The molecule has 0 amide bonds. The molecule has 3 rings (SSSR count). The minimum Gasteiger partial charge on any atom is -0.457 e. The Labute approximate surface area is 148 Å². The van der Waals surface area contributed by atoms with Crippen molar-refractivity contribution in [1.82, 2.24) is 0 Å². The lowest BCUT2D eigenvalue weighted by Crippen LogP contribution is -2.22. The fraction of sp³-hybridized carbons (Fsp3) is 0.273. The van der Waals surface area contributed by atoms with Crippen molar-refractivity contribution < 1.29 is 14.3 Å². The fourth-order valence-corrected chi connectivity index (χ4v) is 3.02. The summed E-state index contributed by atoms with van der Waals surface area (Å²) in [6, 6.07) is 13.5. The molecular weight excluding hydrogens is 312 g/mol. The number of benzene rings is 2. The van der Waals surface area contributed by atoms with Crippen LogP contribution in [0.4, 0.5) is 0 Å². The van der Waals surface area contributed by atoms with E-state index >= 15 is 0 Å². The second-order valence-electron chi connectivity index (χ2n) is 7.27. The van der Waals surface area contributed by atoms with Gasteiger partial charge in [0, 0.05) is 17.2 Å². The molecule has 0 N–H and O–H groups in total. The number of hydrogen-bond acceptors (Lipinski definition) is 3. The number of aryl methyl sites for hydroxylation is 2. The van der Waals surface area contributed by atoms with Crippen LogP contribution in [0.15, 0.2) is 48.5 Å². The zero-order valence-corrected chi connectivity index (χ0v) is 14.8. The summed E-state index contributed by atoms with van der Waals surface area (Å²) < 4.78 is 5.27. The smallest absolute Gasteiger partial charge is 0.331 e. The Hall–Kier alpha value is -2.68. The molecule has 0 atom stereocenters. The van der Waals surface area contributed by atoms with E-state index in [4.69, 9.17) is 4.74 Å². The quantitative estimate of drug-likeness (QED) is 0.605. The molecule has 1 aliphatic carbocycles. The van der Waals surface area contributed by atoms with Crippen LogP contribution in [0.3, 0.4) is 0 Å². The van der Waals surface area contributed by atoms with Crippen LogP contribution in [-0.2, 0) is 22.4 Å². The first kappa shape index (κ1) is 17.2. The van der Waals surface area contributed by atoms with Crippen molar-refractivity contribution >= 4 is 17.8 Å². The molecule has 0 bridgehead atoms. The molecule has 0 aromatic heterocycles. The molecule has 0 aliphatic heterocycles. The molecule has 1 aliphatic rings. The van der Waals surface area contributed by atoms with Gasteiger partial charge in [0.05, 0.1) is 0 Å². The average molecular weight is 334 g/mol. The van der Waals surface area contributed by atoms with E-state index in [2.05, 4.69) is 0 Å². The van der Waals surface area contributed by atoms with Crippen molar-refractivity contribution in [2.45, 2.75) is 39.2 Å². The summed E-state index contributed by atoms with van der Waals surface area (Å²) in [5.41, 5.74) is 4.04. The number of carbonyl (C=O) groups excluding carboxylic acids is 2. The van der Waals surface area contributed by atoms with Gasteiger partial charge in [-0.2, -0.15) is 0 Å². The van der Waals surface area contributed by atoms with Gasteiger partial charge >= 0.3 is 5.97 Å². The highest BCUT2D eigenvalue weighted by Crippen LogP contribution is 2.25. The highest BCUT2D eigenvalue weighted by molar-refractivity contribution is 6.11. The summed E-state index contributed by atoms with van der Waals surface area (Å²) in [5.74, 6) is -0.295. The van der Waals surface area contributed by atoms with Crippen molar-refractivity contribution in [2.24, 2.45) is 0 Å². The van der Waals surface area contributed by atoms with Crippen molar-refractivity contribution in [3.63, 3.8) is 0 Å². The molecule has 3 heteroatoms. The maximum Gasteiger partial charge on any atom is 0.331 e. The summed E-state index contributed by atoms with van der Waals surface area (Å²) in [6.07, 6.45) is 4.82. The van der Waals surface area contributed by atoms with E-state index in [-0.39, 0.29) is 11.8 Å². The van der Waals surface area contributed by atoms with Gasteiger partial charge in [-0.25, -0.2) is 4.79 Å². The third-order valence-electron chi connectivity index (χ3n) is 4.12. The van der Waals surface area contributed by atoms with E-state index in [0.29, 0.717) is 0 Å². The molecule has 128 valence electrons. The van der Waals surface area contributed by atoms with Gasteiger partial charge < -0.3 is 4.74 Å². The molecule has 0 unspecified atom stereocenters. The Balaban J connectivity index is 1.84. The van der Waals surface area contributed by atoms with Crippen LogP contribution in [0.1, 0.15) is 53.4 Å². The van der Waals surface area contributed by atoms with E-state index in [1.54, 1.807) is 6.08 Å². The Bertz CT molecular complexity index is 854. The topological polar surface area (TPSA) is 43.4 Å². The predicted octanol–water partition coefficient (Wildman–Crippen LogP) is 4.37. The number of ketones is 1. The lowest BCUT2D eigenvalue weighted by molar-refractivity contribution is -0.148. The second kappa shape index (κ2) is 6.67. The zero-order valence-electron chi connectivity index (χ0n) is 14.8. The molecule has 3 nitrogen and oxygen atoms in total. The van der Waals surface area contributed by atoms with Gasteiger partial charge in [-0.15, -0.1) is 0 Å². The van der Waals surface area contributed by atoms with Gasteiger partial charge in [0.1, 0.15) is 5.60 Å². The second-order valence-corrected chi connectivity index (χ2v) is 7.27. The van der Waals surface area contributed by atoms with Crippen LogP contribution in [0.25, 0.3) is 6.08 Å². The molecule has 0 radical (unpaired) electrons. The van der Waals surface area contributed by atoms with Gasteiger partial charge in [-0.1, -0.05) is 42.5 Å². The lowest BCUT2D eigenvalue weighted by Gasteiger charge is -2.17. The number of rotatable bonds is 2. The van der Waals surface area contributed by atoms with Gasteiger partial charge in [-0.05, 0) is 56.4 Å². The summed E-state index contributed by atoms with van der Waals surface area (Å²) in [4.78, 5) is 24.6. The molecule has 0 spiro atoms. The summed E-state index contributed by atoms with van der Waals surface area (Å²) in [5, 5.41) is 0. The highest BCUT2D eigenvalue weighted by Gasteiger charge is 2.20. The third kappa shape index (κ3) is 4.05. The van der Waals surface area contributed by atoms with Crippen LogP contribution < -0.4 is 0 Å². The Morgan fingerprint density at radius 1 is 1.00 bits per heavy atom. The molecule has 0 saturated heterocycles. The number of hydrogen-bond donors (Lipinski definition) is 0. The number of carbonyl (C=O) groups is 2. The highest BCUT2D eigenvalue weighted by atomic mass is 16.6. The molecule has 25 heavy (non-hydrogen) atoms. The first-order chi connectivity index (χ1) is 11.8. The lowest BCUT2D eigenvalue weighted by atomic mass is 9.97. The maximum atomic E-state index is 12.8. The summed E-state index contributed by atoms with van der Waals surface area (Å²) >= 11 is 0. The number of fused-ring (bicyclic) bond motifs is 2. The van der Waals surface area contributed by atoms with Crippen LogP contribution in [0.2, 0.25) is 0 Å². The van der Waals surface area contributed by atoms with Gasteiger partial charge in [0.25, 0.3) is 0 Å². The number of ether oxygens (including phenoxy) is 1. The molecule has 2 aromatic rings. The largest absolute Gasteiger partial charge is 0.457 e. The van der Waals surface area contributed by atoms with Crippen LogP contribution in [0, 0.1) is 0 Å². The van der Waals surface area contributed by atoms with E-state index in [1.165, 1.54) is 6.08 Å². The van der Waals surface area contributed by atoms with E-state index in [9.17, 15) is 9.59 Å².